The van der Waals surface area contributed by atoms with Crippen LogP contribution in [-0.2, 0) is 9.59 Å². The molecule has 0 radical (unpaired) electrons. The minimum atomic E-state index is -0.722. The van der Waals surface area contributed by atoms with E-state index in [0.29, 0.717) is 45.3 Å². The molecule has 1 saturated heterocycles. The van der Waals surface area contributed by atoms with Gasteiger partial charge in [0.1, 0.15) is 0 Å². The van der Waals surface area contributed by atoms with E-state index in [1.165, 1.54) is 0 Å². The summed E-state index contributed by atoms with van der Waals surface area (Å²) >= 11 is 0. The number of hydrogen-bond acceptors (Lipinski definition) is 3. The molecule has 3 N–H and O–H groups in total. The van der Waals surface area contributed by atoms with Crippen LogP contribution in [0.2, 0.25) is 0 Å². The number of aliphatic carboxylic acids is 1. The molecule has 0 aromatic rings. The van der Waals surface area contributed by atoms with Crippen molar-refractivity contribution in [3.05, 3.63) is 0 Å². The molecular formula is C13H24N2O3. The molecule has 1 aliphatic rings. The number of unbranched alkanes of at least 4 members (excludes halogenated alkanes) is 1. The highest BCUT2D eigenvalue weighted by atomic mass is 16.4. The zero-order chi connectivity index (χ0) is 13.6. The van der Waals surface area contributed by atoms with Gasteiger partial charge in [0, 0.05) is 19.5 Å². The van der Waals surface area contributed by atoms with Crippen molar-refractivity contribution in [2.24, 2.45) is 11.1 Å². The van der Waals surface area contributed by atoms with E-state index in [-0.39, 0.29) is 5.91 Å². The van der Waals surface area contributed by atoms with Gasteiger partial charge in [-0.2, -0.15) is 0 Å². The molecule has 0 aromatic carbocycles. The van der Waals surface area contributed by atoms with Gasteiger partial charge in [0.15, 0.2) is 0 Å². The third-order valence-corrected chi connectivity index (χ3v) is 4.05. The number of hydrogen-bond donors (Lipinski definition) is 2. The molecule has 0 saturated carbocycles. The van der Waals surface area contributed by atoms with Crippen LogP contribution in [-0.4, -0.2) is 41.5 Å². The summed E-state index contributed by atoms with van der Waals surface area (Å²) in [6.45, 7) is 3.67. The summed E-state index contributed by atoms with van der Waals surface area (Å²) in [5.74, 6) is -0.584. The normalized spacial score (nSPS) is 18.7. The van der Waals surface area contributed by atoms with Crippen molar-refractivity contribution in [2.45, 2.75) is 45.4 Å². The van der Waals surface area contributed by atoms with Crippen molar-refractivity contribution < 1.29 is 14.7 Å². The summed E-state index contributed by atoms with van der Waals surface area (Å²) in [7, 11) is 0. The fourth-order valence-corrected chi connectivity index (χ4v) is 2.48. The summed E-state index contributed by atoms with van der Waals surface area (Å²) in [6.07, 6.45) is 4.00. The van der Waals surface area contributed by atoms with Crippen LogP contribution in [0.4, 0.5) is 0 Å². The number of carbonyl (C=O) groups excluding carboxylic acids is 1. The zero-order valence-corrected chi connectivity index (χ0v) is 11.2. The van der Waals surface area contributed by atoms with E-state index in [0.717, 1.165) is 12.8 Å². The first-order valence-electron chi connectivity index (χ1n) is 6.77. The van der Waals surface area contributed by atoms with E-state index in [1.54, 1.807) is 4.90 Å². The first-order chi connectivity index (χ1) is 8.55. The second-order valence-corrected chi connectivity index (χ2v) is 5.07. The summed E-state index contributed by atoms with van der Waals surface area (Å²) in [5.41, 5.74) is 4.77. The van der Waals surface area contributed by atoms with Crippen molar-refractivity contribution in [3.8, 4) is 0 Å². The maximum absolute atomic E-state index is 11.9. The number of carboxylic acids is 1. The van der Waals surface area contributed by atoms with Gasteiger partial charge in [0.2, 0.25) is 5.91 Å². The van der Waals surface area contributed by atoms with Gasteiger partial charge in [-0.1, -0.05) is 6.92 Å². The van der Waals surface area contributed by atoms with E-state index in [9.17, 15) is 14.7 Å². The topological polar surface area (TPSA) is 83.6 Å². The number of amides is 1. The van der Waals surface area contributed by atoms with E-state index in [2.05, 4.69) is 0 Å². The van der Waals surface area contributed by atoms with E-state index < -0.39 is 11.4 Å². The van der Waals surface area contributed by atoms with Gasteiger partial charge in [-0.05, 0) is 38.6 Å². The van der Waals surface area contributed by atoms with Crippen molar-refractivity contribution >= 4 is 11.9 Å². The number of nitrogens with two attached hydrogens (primary N) is 1. The smallest absolute Gasteiger partial charge is 0.309 e. The van der Waals surface area contributed by atoms with E-state index in [4.69, 9.17) is 5.73 Å². The number of likely N-dealkylation sites (tertiary alicyclic amines) is 1. The molecule has 1 aliphatic heterocycles. The molecule has 1 amide bonds. The lowest BCUT2D eigenvalue weighted by molar-refractivity contribution is -0.154. The Morgan fingerprint density at radius 2 is 1.89 bits per heavy atom. The second-order valence-electron chi connectivity index (χ2n) is 5.07. The standard InChI is InChI=1S/C13H24N2O3/c1-2-13(12(17)18)6-9-15(10-7-13)11(16)5-3-4-8-14/h2-10,14H2,1H3,(H,17,18). The van der Waals surface area contributed by atoms with Crippen molar-refractivity contribution in [3.63, 3.8) is 0 Å². The van der Waals surface area contributed by atoms with Gasteiger partial charge in [-0.25, -0.2) is 0 Å². The van der Waals surface area contributed by atoms with Crippen LogP contribution in [0.15, 0.2) is 0 Å². The predicted octanol–water partition coefficient (Wildman–Crippen LogP) is 1.22. The monoisotopic (exact) mass is 256 g/mol. The van der Waals surface area contributed by atoms with Crippen molar-refractivity contribution in [1.29, 1.82) is 0 Å². The Morgan fingerprint density at radius 3 is 2.33 bits per heavy atom. The number of carboxylic acid groups (broad SMARTS) is 1. The van der Waals surface area contributed by atoms with Crippen LogP contribution in [0.25, 0.3) is 0 Å². The number of carbonyl (C=O) groups is 2. The third-order valence-electron chi connectivity index (χ3n) is 4.05. The molecule has 0 unspecified atom stereocenters. The molecule has 5 nitrogen and oxygen atoms in total. The highest BCUT2D eigenvalue weighted by molar-refractivity contribution is 5.78. The SMILES string of the molecule is CCC1(C(=O)O)CCN(C(=O)CCCCN)CC1. The van der Waals surface area contributed by atoms with Crippen LogP contribution in [0, 0.1) is 5.41 Å². The van der Waals surface area contributed by atoms with Crippen LogP contribution < -0.4 is 5.73 Å². The van der Waals surface area contributed by atoms with Crippen molar-refractivity contribution in [1.82, 2.24) is 4.90 Å². The molecule has 0 bridgehead atoms. The molecule has 0 aromatic heterocycles. The molecule has 18 heavy (non-hydrogen) atoms. The third kappa shape index (κ3) is 3.45. The first kappa shape index (κ1) is 15.0. The summed E-state index contributed by atoms with van der Waals surface area (Å²) in [5, 5.41) is 9.27. The molecular weight excluding hydrogens is 232 g/mol. The van der Waals surface area contributed by atoms with Gasteiger partial charge < -0.3 is 15.7 Å². The lowest BCUT2D eigenvalue weighted by atomic mass is 9.76. The Labute approximate surface area is 108 Å². The van der Waals surface area contributed by atoms with Gasteiger partial charge >= 0.3 is 5.97 Å². The van der Waals surface area contributed by atoms with Crippen LogP contribution >= 0.6 is 0 Å². The van der Waals surface area contributed by atoms with E-state index >= 15 is 0 Å². The maximum atomic E-state index is 11.9. The summed E-state index contributed by atoms with van der Waals surface area (Å²) < 4.78 is 0. The average molecular weight is 256 g/mol. The Bertz CT molecular complexity index is 297. The van der Waals surface area contributed by atoms with Gasteiger partial charge in [-0.15, -0.1) is 0 Å². The number of piperidine rings is 1. The number of nitrogens with zero attached hydrogens (tertiary/aromatic N) is 1. The van der Waals surface area contributed by atoms with Gasteiger partial charge in [-0.3, -0.25) is 9.59 Å². The first-order valence-corrected chi connectivity index (χ1v) is 6.77. The lowest BCUT2D eigenvalue weighted by Gasteiger charge is -2.38. The molecule has 0 atom stereocenters. The second kappa shape index (κ2) is 6.73. The molecule has 1 rings (SSSR count). The fraction of sp³-hybridized carbons (Fsp3) is 0.846. The molecule has 0 spiro atoms. The highest BCUT2D eigenvalue weighted by Gasteiger charge is 2.40. The van der Waals surface area contributed by atoms with Crippen LogP contribution in [0.5, 0.6) is 0 Å². The minimum absolute atomic E-state index is 0.138. The Kier molecular flexibility index (Phi) is 5.59. The molecule has 5 heteroatoms. The highest BCUT2D eigenvalue weighted by Crippen LogP contribution is 2.35. The van der Waals surface area contributed by atoms with Gasteiger partial charge in [0.25, 0.3) is 0 Å². The molecule has 0 aliphatic carbocycles. The lowest BCUT2D eigenvalue weighted by Crippen LogP contribution is -2.46. The van der Waals surface area contributed by atoms with Crippen LogP contribution in [0.1, 0.15) is 45.4 Å². The molecule has 1 heterocycles. The fourth-order valence-electron chi connectivity index (χ4n) is 2.48. The molecule has 1 fully saturated rings. The maximum Gasteiger partial charge on any atom is 0.309 e. The van der Waals surface area contributed by atoms with Crippen molar-refractivity contribution in [2.75, 3.05) is 19.6 Å². The summed E-state index contributed by atoms with van der Waals surface area (Å²) in [6, 6.07) is 0. The average Bonchev–Trinajstić information content (AvgIpc) is 2.38. The van der Waals surface area contributed by atoms with E-state index in [1.807, 2.05) is 6.92 Å². The number of rotatable bonds is 6. The quantitative estimate of drug-likeness (QED) is 0.700. The molecule has 104 valence electrons. The predicted molar refractivity (Wildman–Crippen MR) is 69.1 cm³/mol. The largest absolute Gasteiger partial charge is 0.481 e. The Balaban J connectivity index is 2.43. The Morgan fingerprint density at radius 1 is 1.28 bits per heavy atom. The Hall–Kier alpha value is -1.10. The van der Waals surface area contributed by atoms with Crippen LogP contribution in [0.3, 0.4) is 0 Å². The minimum Gasteiger partial charge on any atom is -0.481 e. The zero-order valence-electron chi connectivity index (χ0n) is 11.2. The summed E-state index contributed by atoms with van der Waals surface area (Å²) in [4.78, 5) is 25.0. The van der Waals surface area contributed by atoms with Gasteiger partial charge in [0.05, 0.1) is 5.41 Å².